The van der Waals surface area contributed by atoms with Gasteiger partial charge in [-0.25, -0.2) is 0 Å². The molecule has 0 heterocycles. The zero-order valence-electron chi connectivity index (χ0n) is 12.8. The molecule has 0 saturated heterocycles. The lowest BCUT2D eigenvalue weighted by Crippen LogP contribution is -2.44. The molecule has 1 amide bonds. The van der Waals surface area contributed by atoms with Gasteiger partial charge in [0.25, 0.3) is 0 Å². The van der Waals surface area contributed by atoms with Crippen LogP contribution in [-0.4, -0.2) is 30.5 Å². The Balaban J connectivity index is 2.37. The van der Waals surface area contributed by atoms with E-state index in [1.807, 2.05) is 37.3 Å². The number of aliphatic imine (C=N–C) groups is 1. The molecule has 6 nitrogen and oxygen atoms in total. The van der Waals surface area contributed by atoms with Gasteiger partial charge in [-0.3, -0.25) is 9.79 Å². The molecule has 0 radical (unpaired) electrons. The van der Waals surface area contributed by atoms with Gasteiger partial charge in [0.05, 0.1) is 6.54 Å². The Labute approximate surface area is 131 Å². The molecule has 0 unspecified atom stereocenters. The summed E-state index contributed by atoms with van der Waals surface area (Å²) in [6.07, 6.45) is 1.20. The predicted octanol–water partition coefficient (Wildman–Crippen LogP) is -0.272. The number of rotatable bonds is 6. The minimum absolute atomic E-state index is 0.00983. The van der Waals surface area contributed by atoms with Gasteiger partial charge in [-0.2, -0.15) is 0 Å². The van der Waals surface area contributed by atoms with Gasteiger partial charge < -0.3 is 22.5 Å². The molecule has 0 aliphatic carbocycles. The van der Waals surface area contributed by atoms with Crippen molar-refractivity contribution in [3.63, 3.8) is 0 Å². The number of carbonyl (C=O) groups is 1. The lowest BCUT2D eigenvalue weighted by molar-refractivity contribution is -0.121. The molecule has 0 fully saturated rings. The number of benzene rings is 1. The van der Waals surface area contributed by atoms with E-state index in [4.69, 9.17) is 17.2 Å². The lowest BCUT2D eigenvalue weighted by atomic mass is 10.1. The summed E-state index contributed by atoms with van der Waals surface area (Å²) in [4.78, 5) is 15.7. The normalized spacial score (nSPS) is 12.5. The monoisotopic (exact) mass is 301 g/mol. The molecule has 118 valence electrons. The molecule has 0 spiro atoms. The van der Waals surface area contributed by atoms with Crippen molar-refractivity contribution in [1.29, 1.82) is 0 Å². The van der Waals surface area contributed by atoms with Gasteiger partial charge in [-0.05, 0) is 18.9 Å². The Morgan fingerprint density at radius 1 is 1.32 bits per heavy atom. The van der Waals surface area contributed by atoms with Crippen molar-refractivity contribution in [2.45, 2.75) is 31.8 Å². The minimum atomic E-state index is -0.850. The molecule has 0 aromatic heterocycles. The summed E-state index contributed by atoms with van der Waals surface area (Å²) in [5.74, 6) is 5.23. The second-order valence-electron chi connectivity index (χ2n) is 4.95. The molecule has 2 atom stereocenters. The first kappa shape index (κ1) is 17.5. The van der Waals surface area contributed by atoms with E-state index in [9.17, 15) is 4.79 Å². The van der Waals surface area contributed by atoms with E-state index in [1.165, 1.54) is 0 Å². The highest BCUT2D eigenvalue weighted by Crippen LogP contribution is 2.02. The number of guanidine groups is 1. The minimum Gasteiger partial charge on any atom is -0.370 e. The van der Waals surface area contributed by atoms with Gasteiger partial charge in [0.1, 0.15) is 6.04 Å². The smallest absolute Gasteiger partial charge is 0.249 e. The average Bonchev–Trinajstić information content (AvgIpc) is 2.47. The lowest BCUT2D eigenvalue weighted by Gasteiger charge is -2.15. The Kier molecular flexibility index (Phi) is 7.51. The summed E-state index contributed by atoms with van der Waals surface area (Å²) in [6, 6.07) is 9.08. The first-order valence-electron chi connectivity index (χ1n) is 7.12. The molecule has 1 aromatic carbocycles. The molecule has 0 bridgehead atoms. The van der Waals surface area contributed by atoms with Crippen LogP contribution in [0.3, 0.4) is 0 Å². The second-order valence-corrected chi connectivity index (χ2v) is 4.95. The molecule has 22 heavy (non-hydrogen) atoms. The van der Waals surface area contributed by atoms with E-state index in [2.05, 4.69) is 22.2 Å². The van der Waals surface area contributed by atoms with Crippen LogP contribution in [0.2, 0.25) is 0 Å². The van der Waals surface area contributed by atoms with Crippen molar-refractivity contribution in [2.75, 3.05) is 6.54 Å². The third kappa shape index (κ3) is 7.31. The Bertz CT molecular complexity index is 555. The number of amides is 1. The summed E-state index contributed by atoms with van der Waals surface area (Å²) in [7, 11) is 0. The zero-order chi connectivity index (χ0) is 16.4. The number of hydrogen-bond acceptors (Lipinski definition) is 3. The quantitative estimate of drug-likeness (QED) is 0.250. The van der Waals surface area contributed by atoms with E-state index in [1.54, 1.807) is 0 Å². The Hall–Kier alpha value is -2.52. The highest BCUT2D eigenvalue weighted by molar-refractivity contribution is 5.84. The van der Waals surface area contributed by atoms with Gasteiger partial charge >= 0.3 is 0 Å². The second kappa shape index (κ2) is 9.42. The summed E-state index contributed by atoms with van der Waals surface area (Å²) < 4.78 is 0. The van der Waals surface area contributed by atoms with E-state index >= 15 is 0 Å². The highest BCUT2D eigenvalue weighted by Gasteiger charge is 2.13. The maximum atomic E-state index is 11.9. The standard InChI is InChI=1S/C16H23N5O/c1-12(11-13-7-3-2-4-8-13)21-15(22)14(17)9-5-6-10-20-16(18)19/h2-4,7-8,12,14H,6,10-11,17H2,1H3,(H,21,22)(H4,18,19,20)/t12-,14-/m0/s1. The third-order valence-electron chi connectivity index (χ3n) is 2.84. The first-order valence-corrected chi connectivity index (χ1v) is 7.12. The molecule has 1 rings (SSSR count). The van der Waals surface area contributed by atoms with Crippen LogP contribution in [0.15, 0.2) is 35.3 Å². The predicted molar refractivity (Wildman–Crippen MR) is 88.8 cm³/mol. The maximum Gasteiger partial charge on any atom is 0.249 e. The summed E-state index contributed by atoms with van der Waals surface area (Å²) >= 11 is 0. The largest absolute Gasteiger partial charge is 0.370 e. The fraction of sp³-hybridized carbons (Fsp3) is 0.375. The third-order valence-corrected chi connectivity index (χ3v) is 2.84. The Morgan fingerprint density at radius 2 is 2.00 bits per heavy atom. The van der Waals surface area contributed by atoms with E-state index in [0.29, 0.717) is 13.0 Å². The van der Waals surface area contributed by atoms with Gasteiger partial charge in [-0.1, -0.05) is 42.2 Å². The van der Waals surface area contributed by atoms with Gasteiger partial charge in [0.2, 0.25) is 5.91 Å². The van der Waals surface area contributed by atoms with Crippen LogP contribution in [0, 0.1) is 11.8 Å². The van der Waals surface area contributed by atoms with Crippen molar-refractivity contribution in [1.82, 2.24) is 5.32 Å². The number of nitrogens with one attached hydrogen (secondary N) is 1. The molecular formula is C16H23N5O. The van der Waals surface area contributed by atoms with Crippen molar-refractivity contribution >= 4 is 11.9 Å². The number of carbonyl (C=O) groups excluding carboxylic acids is 1. The molecule has 0 aliphatic heterocycles. The molecule has 6 heteroatoms. The summed E-state index contributed by atoms with van der Waals surface area (Å²) in [5.41, 5.74) is 17.3. The molecule has 0 aliphatic rings. The average molecular weight is 301 g/mol. The van der Waals surface area contributed by atoms with Crippen LogP contribution in [0.4, 0.5) is 0 Å². The number of hydrogen-bond donors (Lipinski definition) is 4. The molecule has 0 saturated carbocycles. The maximum absolute atomic E-state index is 11.9. The number of nitrogens with two attached hydrogens (primary N) is 3. The van der Waals surface area contributed by atoms with Crippen LogP contribution in [0.5, 0.6) is 0 Å². The molecular weight excluding hydrogens is 278 g/mol. The summed E-state index contributed by atoms with van der Waals surface area (Å²) in [5, 5.41) is 2.85. The SMILES string of the molecule is C[C@@H](Cc1ccccc1)NC(=O)[C@@H](N)C#CCCN=C(N)N. The first-order chi connectivity index (χ1) is 10.5. The van der Waals surface area contributed by atoms with Crippen LogP contribution in [0.1, 0.15) is 18.9 Å². The van der Waals surface area contributed by atoms with Gasteiger partial charge in [0, 0.05) is 12.5 Å². The fourth-order valence-electron chi connectivity index (χ4n) is 1.84. The van der Waals surface area contributed by atoms with E-state index in [0.717, 1.165) is 12.0 Å². The topological polar surface area (TPSA) is 120 Å². The molecule has 1 aromatic rings. The van der Waals surface area contributed by atoms with Crippen molar-refractivity contribution in [2.24, 2.45) is 22.2 Å². The van der Waals surface area contributed by atoms with Crippen molar-refractivity contribution in [3.05, 3.63) is 35.9 Å². The van der Waals surface area contributed by atoms with Crippen LogP contribution in [-0.2, 0) is 11.2 Å². The number of nitrogens with zero attached hydrogens (tertiary/aromatic N) is 1. The highest BCUT2D eigenvalue weighted by atomic mass is 16.2. The van der Waals surface area contributed by atoms with Crippen LogP contribution < -0.4 is 22.5 Å². The van der Waals surface area contributed by atoms with Crippen LogP contribution >= 0.6 is 0 Å². The zero-order valence-corrected chi connectivity index (χ0v) is 12.8. The fourth-order valence-corrected chi connectivity index (χ4v) is 1.84. The Morgan fingerprint density at radius 3 is 2.64 bits per heavy atom. The van der Waals surface area contributed by atoms with Gasteiger partial charge in [0.15, 0.2) is 5.96 Å². The van der Waals surface area contributed by atoms with Crippen molar-refractivity contribution in [3.8, 4) is 11.8 Å². The molecule has 7 N–H and O–H groups in total. The van der Waals surface area contributed by atoms with Crippen molar-refractivity contribution < 1.29 is 4.79 Å². The van der Waals surface area contributed by atoms with E-state index < -0.39 is 6.04 Å². The van der Waals surface area contributed by atoms with E-state index in [-0.39, 0.29) is 17.9 Å². The summed E-state index contributed by atoms with van der Waals surface area (Å²) in [6.45, 7) is 2.33. The van der Waals surface area contributed by atoms with Gasteiger partial charge in [-0.15, -0.1) is 0 Å². The van der Waals surface area contributed by atoms with Crippen LogP contribution in [0.25, 0.3) is 0 Å².